The normalized spacial score (nSPS) is 11.1. The van der Waals surface area contributed by atoms with Crippen molar-refractivity contribution in [2.45, 2.75) is 20.4 Å². The molecular weight excluding hydrogens is 284 g/mol. The van der Waals surface area contributed by atoms with Crippen LogP contribution in [0.15, 0.2) is 28.9 Å². The lowest BCUT2D eigenvalue weighted by Gasteiger charge is -2.23. The number of thiophene rings is 1. The zero-order chi connectivity index (χ0) is 15.4. The van der Waals surface area contributed by atoms with Gasteiger partial charge in [-0.15, -0.1) is 11.3 Å². The predicted octanol–water partition coefficient (Wildman–Crippen LogP) is 3.16. The highest BCUT2D eigenvalue weighted by molar-refractivity contribution is 7.11. The topological polar surface area (TPSA) is 36.7 Å². The summed E-state index contributed by atoms with van der Waals surface area (Å²) in [6.07, 6.45) is 1.57. The minimum atomic E-state index is -0.0367. The van der Waals surface area contributed by atoms with Crippen LogP contribution in [0, 0.1) is 13.8 Å². The molecule has 0 saturated heterocycles. The van der Waals surface area contributed by atoms with Gasteiger partial charge in [0.05, 0.1) is 12.8 Å². The number of furan rings is 1. The first-order chi connectivity index (χ1) is 9.97. The molecule has 0 saturated carbocycles. The predicted molar refractivity (Wildman–Crippen MR) is 85.8 cm³/mol. The number of rotatable bonds is 6. The number of aryl methyl sites for hydroxylation is 2. The molecule has 0 aliphatic carbocycles. The van der Waals surface area contributed by atoms with Gasteiger partial charge in [0.2, 0.25) is 0 Å². The second-order valence-electron chi connectivity index (χ2n) is 5.48. The smallest absolute Gasteiger partial charge is 0.290 e. The van der Waals surface area contributed by atoms with Crippen molar-refractivity contribution in [3.63, 3.8) is 0 Å². The summed E-state index contributed by atoms with van der Waals surface area (Å²) in [5, 5.41) is 0. The lowest BCUT2D eigenvalue weighted by atomic mass is 10.2. The number of nitrogens with zero attached hydrogens (tertiary/aromatic N) is 2. The highest BCUT2D eigenvalue weighted by atomic mass is 32.1. The Morgan fingerprint density at radius 1 is 1.19 bits per heavy atom. The van der Waals surface area contributed by atoms with E-state index in [1.54, 1.807) is 17.6 Å². The Morgan fingerprint density at radius 2 is 1.95 bits per heavy atom. The highest BCUT2D eigenvalue weighted by Crippen LogP contribution is 2.19. The van der Waals surface area contributed by atoms with Crippen LogP contribution in [0.5, 0.6) is 0 Å². The van der Waals surface area contributed by atoms with Crippen LogP contribution in [-0.2, 0) is 6.54 Å². The fraction of sp³-hybridized carbons (Fsp3) is 0.438. The maximum atomic E-state index is 12.7. The van der Waals surface area contributed by atoms with Crippen LogP contribution in [0.2, 0.25) is 0 Å². The van der Waals surface area contributed by atoms with E-state index in [0.717, 1.165) is 12.1 Å². The number of amides is 1. The van der Waals surface area contributed by atoms with Gasteiger partial charge in [0.25, 0.3) is 5.91 Å². The number of hydrogen-bond acceptors (Lipinski definition) is 4. The molecule has 21 heavy (non-hydrogen) atoms. The molecule has 0 aromatic carbocycles. The van der Waals surface area contributed by atoms with Crippen LogP contribution in [0.1, 0.15) is 25.9 Å². The first kappa shape index (κ1) is 15.8. The largest absolute Gasteiger partial charge is 0.459 e. The van der Waals surface area contributed by atoms with Gasteiger partial charge in [0.1, 0.15) is 0 Å². The fourth-order valence-electron chi connectivity index (χ4n) is 2.07. The van der Waals surface area contributed by atoms with Gasteiger partial charge in [-0.05, 0) is 46.1 Å². The molecule has 0 unspecified atom stereocenters. The Hall–Kier alpha value is -1.59. The molecule has 2 aromatic heterocycles. The fourth-order valence-corrected chi connectivity index (χ4v) is 2.97. The first-order valence-corrected chi connectivity index (χ1v) is 7.82. The summed E-state index contributed by atoms with van der Waals surface area (Å²) in [5.41, 5.74) is 0.886. The van der Waals surface area contributed by atoms with Crippen molar-refractivity contribution in [3.05, 3.63) is 45.5 Å². The standard InChI is InChI=1S/C16H22N2O2S/c1-12-7-10-20-15(12)16(19)18(9-8-17(3)4)11-14-6-5-13(2)21-14/h5-7,10H,8-9,11H2,1-4H3. The third kappa shape index (κ3) is 4.19. The Bertz CT molecular complexity index is 601. The van der Waals surface area contributed by atoms with E-state index < -0.39 is 0 Å². The van der Waals surface area contributed by atoms with E-state index in [1.807, 2.05) is 32.0 Å². The van der Waals surface area contributed by atoms with Gasteiger partial charge in [-0.3, -0.25) is 4.79 Å². The maximum Gasteiger partial charge on any atom is 0.290 e. The third-order valence-corrected chi connectivity index (χ3v) is 4.29. The molecule has 0 fully saturated rings. The summed E-state index contributed by atoms with van der Waals surface area (Å²) in [4.78, 5) is 19.1. The lowest BCUT2D eigenvalue weighted by molar-refractivity contribution is 0.0700. The summed E-state index contributed by atoms with van der Waals surface area (Å²) in [6, 6.07) is 6.00. The van der Waals surface area contributed by atoms with Crippen LogP contribution in [-0.4, -0.2) is 42.9 Å². The average Bonchev–Trinajstić information content (AvgIpc) is 3.02. The Labute approximate surface area is 130 Å². The summed E-state index contributed by atoms with van der Waals surface area (Å²) in [6.45, 7) is 6.12. The molecule has 2 aromatic rings. The first-order valence-electron chi connectivity index (χ1n) is 7.01. The van der Waals surface area contributed by atoms with Gasteiger partial charge in [-0.2, -0.15) is 0 Å². The SMILES string of the molecule is Cc1ccc(CN(CCN(C)C)C(=O)c2occc2C)s1. The van der Waals surface area contributed by atoms with E-state index in [-0.39, 0.29) is 5.91 Å². The highest BCUT2D eigenvalue weighted by Gasteiger charge is 2.21. The zero-order valence-corrected chi connectivity index (χ0v) is 13.9. The number of likely N-dealkylation sites (N-methyl/N-ethyl adjacent to an activating group) is 1. The van der Waals surface area contributed by atoms with E-state index in [9.17, 15) is 4.79 Å². The van der Waals surface area contributed by atoms with Crippen molar-refractivity contribution >= 4 is 17.2 Å². The van der Waals surface area contributed by atoms with Crippen LogP contribution in [0.4, 0.5) is 0 Å². The maximum absolute atomic E-state index is 12.7. The van der Waals surface area contributed by atoms with Crippen molar-refractivity contribution < 1.29 is 9.21 Å². The van der Waals surface area contributed by atoms with Gasteiger partial charge in [0, 0.05) is 28.4 Å². The van der Waals surface area contributed by atoms with E-state index in [0.29, 0.717) is 18.8 Å². The van der Waals surface area contributed by atoms with Gasteiger partial charge < -0.3 is 14.2 Å². The van der Waals surface area contributed by atoms with Crippen molar-refractivity contribution in [1.82, 2.24) is 9.80 Å². The minimum Gasteiger partial charge on any atom is -0.459 e. The molecule has 5 heteroatoms. The van der Waals surface area contributed by atoms with E-state index >= 15 is 0 Å². The molecule has 0 radical (unpaired) electrons. The molecule has 0 bridgehead atoms. The van der Waals surface area contributed by atoms with E-state index in [4.69, 9.17) is 4.42 Å². The summed E-state index contributed by atoms with van der Waals surface area (Å²) >= 11 is 1.73. The van der Waals surface area contributed by atoms with E-state index in [1.165, 1.54) is 9.75 Å². The van der Waals surface area contributed by atoms with Crippen molar-refractivity contribution in [3.8, 4) is 0 Å². The molecule has 0 aliphatic rings. The molecule has 0 aliphatic heterocycles. The molecule has 0 atom stereocenters. The van der Waals surface area contributed by atoms with Gasteiger partial charge in [0.15, 0.2) is 5.76 Å². The molecule has 1 amide bonds. The van der Waals surface area contributed by atoms with Gasteiger partial charge in [-0.25, -0.2) is 0 Å². The molecule has 4 nitrogen and oxygen atoms in total. The lowest BCUT2D eigenvalue weighted by Crippen LogP contribution is -2.36. The zero-order valence-electron chi connectivity index (χ0n) is 13.0. The molecular formula is C16H22N2O2S. The summed E-state index contributed by atoms with van der Waals surface area (Å²) in [7, 11) is 4.02. The van der Waals surface area contributed by atoms with Gasteiger partial charge in [-0.1, -0.05) is 0 Å². The summed E-state index contributed by atoms with van der Waals surface area (Å²) < 4.78 is 5.36. The van der Waals surface area contributed by atoms with Crippen LogP contribution < -0.4 is 0 Å². The number of hydrogen-bond donors (Lipinski definition) is 0. The Morgan fingerprint density at radius 3 is 2.48 bits per heavy atom. The van der Waals surface area contributed by atoms with Crippen LogP contribution in [0.25, 0.3) is 0 Å². The summed E-state index contributed by atoms with van der Waals surface area (Å²) in [5.74, 6) is 0.410. The minimum absolute atomic E-state index is 0.0367. The van der Waals surface area contributed by atoms with Crippen molar-refractivity contribution in [2.75, 3.05) is 27.2 Å². The van der Waals surface area contributed by atoms with Crippen LogP contribution in [0.3, 0.4) is 0 Å². The number of carbonyl (C=O) groups is 1. The monoisotopic (exact) mass is 306 g/mol. The molecule has 0 spiro atoms. The van der Waals surface area contributed by atoms with E-state index in [2.05, 4.69) is 24.0 Å². The van der Waals surface area contributed by atoms with Gasteiger partial charge >= 0.3 is 0 Å². The molecule has 114 valence electrons. The van der Waals surface area contributed by atoms with Crippen molar-refractivity contribution in [1.29, 1.82) is 0 Å². The third-order valence-electron chi connectivity index (χ3n) is 3.30. The Balaban J connectivity index is 2.15. The molecule has 2 rings (SSSR count). The number of carbonyl (C=O) groups excluding carboxylic acids is 1. The quantitative estimate of drug-likeness (QED) is 0.822. The second-order valence-corrected chi connectivity index (χ2v) is 6.85. The average molecular weight is 306 g/mol. The Kier molecular flexibility index (Phi) is 5.20. The molecule has 0 N–H and O–H groups in total. The molecule has 2 heterocycles. The second kappa shape index (κ2) is 6.91. The van der Waals surface area contributed by atoms with Crippen molar-refractivity contribution in [2.24, 2.45) is 0 Å². The van der Waals surface area contributed by atoms with Crippen LogP contribution >= 0.6 is 11.3 Å².